The number of para-hydroxylation sites is 1. The number of hydrogen-bond acceptors (Lipinski definition) is 7. The molecule has 0 atom stereocenters. The number of anilines is 2. The zero-order valence-corrected chi connectivity index (χ0v) is 21.4. The second-order valence-electron chi connectivity index (χ2n) is 7.50. The van der Waals surface area contributed by atoms with Gasteiger partial charge in [-0.15, -0.1) is 11.3 Å². The summed E-state index contributed by atoms with van der Waals surface area (Å²) < 4.78 is 11.2. The zero-order valence-electron chi connectivity index (χ0n) is 19.8. The highest BCUT2D eigenvalue weighted by molar-refractivity contribution is 7.14. The second-order valence-corrected chi connectivity index (χ2v) is 8.77. The Balaban J connectivity index is 1.38. The van der Waals surface area contributed by atoms with Crippen molar-refractivity contribution < 1.29 is 14.3 Å². The summed E-state index contributed by atoms with van der Waals surface area (Å²) in [4.78, 5) is 17.2. The van der Waals surface area contributed by atoms with Crippen LogP contribution in [0.3, 0.4) is 0 Å². The maximum absolute atomic E-state index is 12.5. The van der Waals surface area contributed by atoms with E-state index >= 15 is 0 Å². The van der Waals surface area contributed by atoms with Crippen LogP contribution in [0.4, 0.5) is 10.8 Å². The molecule has 0 aliphatic heterocycles. The summed E-state index contributed by atoms with van der Waals surface area (Å²) in [5.74, 6) is 0.689. The number of rotatable bonds is 10. The van der Waals surface area contributed by atoms with Crippen LogP contribution < -0.4 is 20.2 Å². The van der Waals surface area contributed by atoms with Crippen molar-refractivity contribution in [3.05, 3.63) is 88.3 Å². The number of ether oxygens (including phenoxy) is 2. The largest absolute Gasteiger partial charge is 0.490 e. The summed E-state index contributed by atoms with van der Waals surface area (Å²) in [6.07, 6.45) is 1.51. The first-order valence-electron chi connectivity index (χ1n) is 11.4. The van der Waals surface area contributed by atoms with Crippen molar-refractivity contribution in [1.82, 2.24) is 10.4 Å². The highest BCUT2D eigenvalue weighted by Crippen LogP contribution is 2.36. The lowest BCUT2D eigenvalue weighted by Gasteiger charge is -2.13. The van der Waals surface area contributed by atoms with Crippen LogP contribution in [0.15, 0.2) is 77.2 Å². The summed E-state index contributed by atoms with van der Waals surface area (Å²) in [6.45, 7) is 4.69. The molecule has 1 aromatic heterocycles. The molecule has 184 valence electrons. The smallest absolute Gasteiger partial charge is 0.271 e. The van der Waals surface area contributed by atoms with Gasteiger partial charge in [-0.3, -0.25) is 4.79 Å². The number of carbonyl (C=O) groups excluding carboxylic acids is 1. The van der Waals surface area contributed by atoms with E-state index in [1.807, 2.05) is 61.7 Å². The molecule has 2 N–H and O–H groups in total. The van der Waals surface area contributed by atoms with Gasteiger partial charge in [-0.2, -0.15) is 5.10 Å². The van der Waals surface area contributed by atoms with Gasteiger partial charge >= 0.3 is 0 Å². The SMILES string of the molecule is CCOc1cc(/C=N\NC(=O)c2ccc(-c3csc(Nc4ccccc4)n3)cc2)cc(Cl)c1OCC. The third-order valence-electron chi connectivity index (χ3n) is 4.97. The van der Waals surface area contributed by atoms with Gasteiger partial charge in [-0.1, -0.05) is 41.9 Å². The summed E-state index contributed by atoms with van der Waals surface area (Å²) in [7, 11) is 0. The molecule has 1 amide bonds. The fourth-order valence-corrected chi connectivity index (χ4v) is 4.35. The number of hydrazone groups is 1. The monoisotopic (exact) mass is 520 g/mol. The highest BCUT2D eigenvalue weighted by atomic mass is 35.5. The first kappa shape index (κ1) is 25.2. The van der Waals surface area contributed by atoms with E-state index in [2.05, 4.69) is 20.8 Å². The molecule has 0 aliphatic carbocycles. The molecule has 7 nitrogen and oxygen atoms in total. The second kappa shape index (κ2) is 12.2. The molecule has 0 radical (unpaired) electrons. The average Bonchev–Trinajstić information content (AvgIpc) is 3.35. The average molecular weight is 521 g/mol. The number of thiazole rings is 1. The van der Waals surface area contributed by atoms with E-state index in [1.165, 1.54) is 17.6 Å². The van der Waals surface area contributed by atoms with Crippen LogP contribution in [0.5, 0.6) is 11.5 Å². The number of carbonyl (C=O) groups is 1. The Hall–Kier alpha value is -3.88. The molecule has 0 spiro atoms. The molecule has 0 unspecified atom stereocenters. The molecular formula is C27H25ClN4O3S. The number of hydrogen-bond donors (Lipinski definition) is 2. The standard InChI is InChI=1S/C27H25ClN4O3S/c1-3-34-24-15-18(14-22(28)25(24)35-4-2)16-29-32-26(33)20-12-10-19(11-13-20)23-17-36-27(31-23)30-21-8-6-5-7-9-21/h5-17H,3-4H2,1-2H3,(H,30,31)(H,32,33)/b29-16-. The van der Waals surface area contributed by atoms with Gasteiger partial charge in [0.2, 0.25) is 0 Å². The minimum Gasteiger partial charge on any atom is -0.490 e. The maximum atomic E-state index is 12.5. The summed E-state index contributed by atoms with van der Waals surface area (Å²) >= 11 is 7.85. The van der Waals surface area contributed by atoms with Gasteiger partial charge in [0.05, 0.1) is 30.1 Å². The van der Waals surface area contributed by atoms with Gasteiger partial charge in [0.1, 0.15) is 0 Å². The summed E-state index contributed by atoms with van der Waals surface area (Å²) in [5.41, 5.74) is 6.42. The van der Waals surface area contributed by atoms with Crippen LogP contribution in [-0.4, -0.2) is 30.3 Å². The van der Waals surface area contributed by atoms with Crippen molar-refractivity contribution in [2.24, 2.45) is 5.10 Å². The number of nitrogens with zero attached hydrogens (tertiary/aromatic N) is 2. The van der Waals surface area contributed by atoms with Gasteiger partial charge in [0.25, 0.3) is 5.91 Å². The zero-order chi connectivity index (χ0) is 25.3. The molecule has 0 aliphatic rings. The lowest BCUT2D eigenvalue weighted by Crippen LogP contribution is -2.17. The predicted octanol–water partition coefficient (Wildman–Crippen LogP) is 6.77. The van der Waals surface area contributed by atoms with Gasteiger partial charge in [-0.25, -0.2) is 10.4 Å². The van der Waals surface area contributed by atoms with Gasteiger partial charge < -0.3 is 14.8 Å². The van der Waals surface area contributed by atoms with Crippen LogP contribution in [-0.2, 0) is 0 Å². The van der Waals surface area contributed by atoms with Crippen molar-refractivity contribution in [1.29, 1.82) is 0 Å². The molecule has 36 heavy (non-hydrogen) atoms. The number of nitrogens with one attached hydrogen (secondary N) is 2. The van der Waals surface area contributed by atoms with Gasteiger partial charge in [0, 0.05) is 22.2 Å². The molecule has 0 bridgehead atoms. The van der Waals surface area contributed by atoms with Crippen LogP contribution in [0.2, 0.25) is 5.02 Å². The highest BCUT2D eigenvalue weighted by Gasteiger charge is 2.12. The Morgan fingerprint density at radius 3 is 2.53 bits per heavy atom. The van der Waals surface area contributed by atoms with Crippen molar-refractivity contribution in [3.63, 3.8) is 0 Å². The molecule has 0 saturated carbocycles. The van der Waals surface area contributed by atoms with E-state index in [-0.39, 0.29) is 5.91 Å². The van der Waals surface area contributed by atoms with E-state index in [0.717, 1.165) is 22.1 Å². The van der Waals surface area contributed by atoms with Gasteiger partial charge in [-0.05, 0) is 55.8 Å². The van der Waals surface area contributed by atoms with E-state index in [0.29, 0.717) is 40.9 Å². The molecular weight excluding hydrogens is 496 g/mol. The molecule has 3 aromatic carbocycles. The topological polar surface area (TPSA) is 84.8 Å². The number of halogens is 1. The first-order valence-corrected chi connectivity index (χ1v) is 12.6. The number of amides is 1. The Morgan fingerprint density at radius 2 is 1.81 bits per heavy atom. The molecule has 4 rings (SSSR count). The van der Waals surface area contributed by atoms with Crippen LogP contribution in [0, 0.1) is 0 Å². The minimum atomic E-state index is -0.329. The quantitative estimate of drug-likeness (QED) is 0.178. The third-order valence-corrected chi connectivity index (χ3v) is 6.01. The fraction of sp³-hybridized carbons (Fsp3) is 0.148. The lowest BCUT2D eigenvalue weighted by molar-refractivity contribution is 0.0955. The fourth-order valence-electron chi connectivity index (χ4n) is 3.34. The third kappa shape index (κ3) is 6.41. The van der Waals surface area contributed by atoms with E-state index < -0.39 is 0 Å². The first-order chi connectivity index (χ1) is 17.6. The Labute approximate surface area is 218 Å². The molecule has 1 heterocycles. The predicted molar refractivity (Wildman–Crippen MR) is 146 cm³/mol. The van der Waals surface area contributed by atoms with Crippen molar-refractivity contribution >= 4 is 45.9 Å². The minimum absolute atomic E-state index is 0.329. The molecule has 0 fully saturated rings. The van der Waals surface area contributed by atoms with Crippen molar-refractivity contribution in [2.45, 2.75) is 13.8 Å². The van der Waals surface area contributed by atoms with Crippen LogP contribution in [0.1, 0.15) is 29.8 Å². The summed E-state index contributed by atoms with van der Waals surface area (Å²) in [6, 6.07) is 20.5. The van der Waals surface area contributed by atoms with Gasteiger partial charge in [0.15, 0.2) is 16.6 Å². The Bertz CT molecular complexity index is 1340. The Kier molecular flexibility index (Phi) is 8.54. The maximum Gasteiger partial charge on any atom is 0.271 e. The molecule has 4 aromatic rings. The normalized spacial score (nSPS) is 10.9. The van der Waals surface area contributed by atoms with E-state index in [4.69, 9.17) is 21.1 Å². The van der Waals surface area contributed by atoms with Crippen LogP contribution >= 0.6 is 22.9 Å². The van der Waals surface area contributed by atoms with E-state index in [9.17, 15) is 4.79 Å². The molecule has 0 saturated heterocycles. The summed E-state index contributed by atoms with van der Waals surface area (Å²) in [5, 5.41) is 10.5. The van der Waals surface area contributed by atoms with Crippen LogP contribution in [0.25, 0.3) is 11.3 Å². The number of aromatic nitrogens is 1. The lowest BCUT2D eigenvalue weighted by atomic mass is 10.1. The Morgan fingerprint density at radius 1 is 1.06 bits per heavy atom. The van der Waals surface area contributed by atoms with Crippen molar-refractivity contribution in [3.8, 4) is 22.8 Å². The van der Waals surface area contributed by atoms with E-state index in [1.54, 1.807) is 24.3 Å². The number of benzene rings is 3. The molecule has 9 heteroatoms. The van der Waals surface area contributed by atoms with Crippen molar-refractivity contribution in [2.75, 3.05) is 18.5 Å².